The zero-order chi connectivity index (χ0) is 20.4. The van der Waals surface area contributed by atoms with Crippen molar-refractivity contribution in [1.29, 1.82) is 0 Å². The van der Waals surface area contributed by atoms with Crippen molar-refractivity contribution in [3.05, 3.63) is 76.4 Å². The van der Waals surface area contributed by atoms with Crippen LogP contribution in [-0.4, -0.2) is 21.0 Å². The van der Waals surface area contributed by atoms with E-state index in [9.17, 15) is 4.79 Å². The summed E-state index contributed by atoms with van der Waals surface area (Å²) in [5.74, 6) is 0.0401. The predicted octanol–water partition coefficient (Wildman–Crippen LogP) is 5.32. The topological polar surface area (TPSA) is 80.0 Å². The van der Waals surface area contributed by atoms with E-state index in [2.05, 4.69) is 20.6 Å². The van der Waals surface area contributed by atoms with Crippen LogP contribution in [0.25, 0.3) is 22.7 Å². The van der Waals surface area contributed by atoms with E-state index in [4.69, 9.17) is 39.8 Å². The fourth-order valence-corrected chi connectivity index (χ4v) is 3.30. The van der Waals surface area contributed by atoms with Crippen molar-refractivity contribution in [3.63, 3.8) is 0 Å². The van der Waals surface area contributed by atoms with Crippen molar-refractivity contribution in [1.82, 2.24) is 15.3 Å². The molecule has 0 aliphatic rings. The van der Waals surface area contributed by atoms with Crippen LogP contribution in [0.2, 0.25) is 10.0 Å². The van der Waals surface area contributed by atoms with Crippen LogP contribution < -0.4 is 10.6 Å². The Labute approximate surface area is 180 Å². The summed E-state index contributed by atoms with van der Waals surface area (Å²) < 4.78 is 5.70. The Balaban J connectivity index is 1.43. The number of aromatic nitrogens is 2. The summed E-state index contributed by atoms with van der Waals surface area (Å²) in [7, 11) is 0. The van der Waals surface area contributed by atoms with Crippen LogP contribution in [0.15, 0.2) is 65.2 Å². The molecule has 0 spiro atoms. The third-order valence-corrected chi connectivity index (χ3v) is 4.71. The van der Waals surface area contributed by atoms with Gasteiger partial charge in [0.1, 0.15) is 0 Å². The van der Waals surface area contributed by atoms with Gasteiger partial charge in [-0.15, -0.1) is 0 Å². The van der Waals surface area contributed by atoms with E-state index in [1.165, 1.54) is 12.1 Å². The normalized spacial score (nSPS) is 10.7. The summed E-state index contributed by atoms with van der Waals surface area (Å²) in [5, 5.41) is 6.36. The third-order valence-electron chi connectivity index (χ3n) is 3.96. The van der Waals surface area contributed by atoms with Crippen LogP contribution >= 0.6 is 35.4 Å². The maximum atomic E-state index is 12.3. The Kier molecular flexibility index (Phi) is 5.44. The Bertz CT molecular complexity index is 1190. The third kappa shape index (κ3) is 4.37. The average molecular weight is 443 g/mol. The van der Waals surface area contributed by atoms with Gasteiger partial charge in [-0.1, -0.05) is 23.2 Å². The van der Waals surface area contributed by atoms with Gasteiger partial charge >= 0.3 is 0 Å². The molecule has 2 heterocycles. The van der Waals surface area contributed by atoms with Crippen molar-refractivity contribution in [2.45, 2.75) is 0 Å². The number of carbonyl (C=O) groups is 1. The number of pyridine rings is 1. The number of fused-ring (bicyclic) bond motifs is 1. The zero-order valence-corrected chi connectivity index (χ0v) is 17.0. The van der Waals surface area contributed by atoms with Crippen LogP contribution in [-0.2, 0) is 0 Å². The van der Waals surface area contributed by atoms with Crippen molar-refractivity contribution in [3.8, 4) is 11.5 Å². The van der Waals surface area contributed by atoms with Gasteiger partial charge in [0.25, 0.3) is 5.91 Å². The molecule has 1 amide bonds. The van der Waals surface area contributed by atoms with E-state index >= 15 is 0 Å². The lowest BCUT2D eigenvalue weighted by Crippen LogP contribution is -2.34. The maximum Gasteiger partial charge on any atom is 0.258 e. The summed E-state index contributed by atoms with van der Waals surface area (Å²) in [6.07, 6.45) is 1.66. The number of oxazole rings is 1. The Morgan fingerprint density at radius 2 is 1.86 bits per heavy atom. The fraction of sp³-hybridized carbons (Fsp3) is 0. The molecule has 9 heteroatoms. The van der Waals surface area contributed by atoms with Crippen LogP contribution in [0.4, 0.5) is 5.69 Å². The lowest BCUT2D eigenvalue weighted by molar-refractivity contribution is 0.0978. The van der Waals surface area contributed by atoms with Crippen molar-refractivity contribution < 1.29 is 9.21 Å². The molecule has 0 atom stereocenters. The Morgan fingerprint density at radius 3 is 2.59 bits per heavy atom. The van der Waals surface area contributed by atoms with Gasteiger partial charge in [0.15, 0.2) is 16.3 Å². The van der Waals surface area contributed by atoms with Gasteiger partial charge in [0.05, 0.1) is 10.6 Å². The maximum absolute atomic E-state index is 12.3. The number of benzene rings is 2. The molecule has 0 fully saturated rings. The lowest BCUT2D eigenvalue weighted by Gasteiger charge is -2.10. The number of rotatable bonds is 3. The molecule has 0 saturated carbocycles. The molecule has 4 aromatic rings. The van der Waals surface area contributed by atoms with Gasteiger partial charge in [0.2, 0.25) is 5.89 Å². The van der Waals surface area contributed by atoms with E-state index < -0.39 is 5.91 Å². The van der Waals surface area contributed by atoms with Crippen LogP contribution in [0.5, 0.6) is 0 Å². The summed E-state index contributed by atoms with van der Waals surface area (Å²) >= 11 is 17.1. The number of anilines is 1. The summed E-state index contributed by atoms with van der Waals surface area (Å²) in [6, 6.07) is 15.5. The number of nitrogens with zero attached hydrogens (tertiary/aromatic N) is 2. The summed E-state index contributed by atoms with van der Waals surface area (Å²) in [6.45, 7) is 0. The van der Waals surface area contributed by atoms with Gasteiger partial charge in [-0.25, -0.2) is 4.98 Å². The summed E-state index contributed by atoms with van der Waals surface area (Å²) in [5.41, 5.74) is 2.93. The first-order valence-electron chi connectivity index (χ1n) is 8.39. The monoisotopic (exact) mass is 442 g/mol. The molecule has 0 aliphatic carbocycles. The molecule has 0 bridgehead atoms. The van der Waals surface area contributed by atoms with Gasteiger partial charge in [0, 0.05) is 22.5 Å². The minimum Gasteiger partial charge on any atom is -0.434 e. The highest BCUT2D eigenvalue weighted by Gasteiger charge is 2.13. The molecule has 144 valence electrons. The molecule has 6 nitrogen and oxygen atoms in total. The average Bonchev–Trinajstić information content (AvgIpc) is 3.12. The van der Waals surface area contributed by atoms with Gasteiger partial charge in [-0.2, -0.15) is 4.98 Å². The van der Waals surface area contributed by atoms with E-state index in [0.29, 0.717) is 27.8 Å². The Morgan fingerprint density at radius 1 is 1.07 bits per heavy atom. The second kappa shape index (κ2) is 8.16. The van der Waals surface area contributed by atoms with Crippen molar-refractivity contribution in [2.75, 3.05) is 5.32 Å². The van der Waals surface area contributed by atoms with E-state index in [1.807, 2.05) is 18.2 Å². The van der Waals surface area contributed by atoms with Crippen LogP contribution in [0, 0.1) is 0 Å². The highest BCUT2D eigenvalue weighted by molar-refractivity contribution is 7.80. The molecule has 2 aromatic heterocycles. The number of amides is 1. The molecule has 0 saturated heterocycles. The zero-order valence-electron chi connectivity index (χ0n) is 14.6. The number of carbonyl (C=O) groups excluding carboxylic acids is 1. The van der Waals surface area contributed by atoms with Crippen molar-refractivity contribution >= 4 is 63.4 Å². The van der Waals surface area contributed by atoms with Crippen molar-refractivity contribution in [2.24, 2.45) is 0 Å². The second-order valence-corrected chi connectivity index (χ2v) is 7.21. The molecule has 4 rings (SSSR count). The first-order valence-corrected chi connectivity index (χ1v) is 9.55. The first kappa shape index (κ1) is 19.3. The smallest absolute Gasteiger partial charge is 0.258 e. The number of thiocarbonyl (C=S) groups is 1. The molecule has 0 radical (unpaired) electrons. The van der Waals surface area contributed by atoms with Gasteiger partial charge in [-0.3, -0.25) is 10.1 Å². The molecule has 29 heavy (non-hydrogen) atoms. The minimum absolute atomic E-state index is 0.139. The van der Waals surface area contributed by atoms with Gasteiger partial charge in [-0.05, 0) is 66.8 Å². The predicted molar refractivity (Wildman–Crippen MR) is 117 cm³/mol. The standard InChI is InChI=1S/C20H12Cl2N4O2S/c21-12-5-8-14(15(22)10-12)18(27)26-20(29)24-13-6-3-11(4-7-13)19-25-17-16(28-19)2-1-9-23-17/h1-10H,(H2,24,26,27,29). The number of hydrogen-bond acceptors (Lipinski definition) is 5. The molecular weight excluding hydrogens is 431 g/mol. The molecule has 2 aromatic carbocycles. The first-order chi connectivity index (χ1) is 14.0. The van der Waals surface area contributed by atoms with E-state index in [0.717, 1.165) is 5.56 Å². The quantitative estimate of drug-likeness (QED) is 0.417. The van der Waals surface area contributed by atoms with E-state index in [-0.39, 0.29) is 15.7 Å². The highest BCUT2D eigenvalue weighted by Crippen LogP contribution is 2.24. The lowest BCUT2D eigenvalue weighted by atomic mass is 10.2. The molecule has 0 aliphatic heterocycles. The van der Waals surface area contributed by atoms with Gasteiger partial charge < -0.3 is 9.73 Å². The molecular formula is C20H12Cl2N4O2S. The van der Waals surface area contributed by atoms with E-state index in [1.54, 1.807) is 30.5 Å². The second-order valence-electron chi connectivity index (χ2n) is 5.95. The van der Waals surface area contributed by atoms with Crippen LogP contribution in [0.3, 0.4) is 0 Å². The van der Waals surface area contributed by atoms with Crippen LogP contribution in [0.1, 0.15) is 10.4 Å². The minimum atomic E-state index is -0.431. The number of halogens is 2. The highest BCUT2D eigenvalue weighted by atomic mass is 35.5. The molecule has 0 unspecified atom stereocenters. The number of hydrogen-bond donors (Lipinski definition) is 2. The fourth-order valence-electron chi connectivity index (χ4n) is 2.60. The molecule has 2 N–H and O–H groups in total. The Hall–Kier alpha value is -3.00. The SMILES string of the molecule is O=C(NC(=S)Nc1ccc(-c2nc3ncccc3o2)cc1)c1ccc(Cl)cc1Cl. The summed E-state index contributed by atoms with van der Waals surface area (Å²) in [4.78, 5) is 20.8. The number of nitrogens with one attached hydrogen (secondary N) is 2. The largest absolute Gasteiger partial charge is 0.434 e.